The van der Waals surface area contributed by atoms with E-state index in [1.807, 2.05) is 97.1 Å². The van der Waals surface area contributed by atoms with Gasteiger partial charge < -0.3 is 30.0 Å². The number of β-amino-alcohol motifs (C(OH)–C–C–N with tert-alkyl or cyclic N) is 1. The number of carbonyl (C=O) groups excluding carboxylic acids is 2. The van der Waals surface area contributed by atoms with Gasteiger partial charge in [0.2, 0.25) is 11.8 Å². The van der Waals surface area contributed by atoms with E-state index in [1.165, 1.54) is 10.8 Å². The molecule has 0 aliphatic carbocycles. The highest BCUT2D eigenvalue weighted by molar-refractivity contribution is 8.76. The summed E-state index contributed by atoms with van der Waals surface area (Å²) in [4.78, 5) is 32.1. The number of amides is 2. The second-order valence-electron chi connectivity index (χ2n) is 12.6. The number of nitrogens with zero attached hydrogens (tertiary/aromatic N) is 2. The predicted octanol–water partition coefficient (Wildman–Crippen LogP) is 7.40. The van der Waals surface area contributed by atoms with E-state index in [1.54, 1.807) is 36.1 Å². The Morgan fingerprint density at radius 3 is 2.10 bits per heavy atom. The van der Waals surface area contributed by atoms with Crippen LogP contribution < -0.4 is 15.2 Å². The van der Waals surface area contributed by atoms with Crippen molar-refractivity contribution in [2.24, 2.45) is 11.7 Å². The summed E-state index contributed by atoms with van der Waals surface area (Å²) in [5.41, 5.74) is 8.51. The number of hydrogen-bond acceptors (Lipinski definition) is 9. The molecular weight excluding hydrogens is 683 g/mol. The summed E-state index contributed by atoms with van der Waals surface area (Å²) >= 11 is 0. The zero-order valence-corrected chi connectivity index (χ0v) is 30.8. The second kappa shape index (κ2) is 19.5. The maximum atomic E-state index is 13.8. The SMILES string of the molecule is COc1ccc(C(OC(c2ccccc2)C2CC(O)CN2C(=O)CCCCCC(CSSc2ccccn2)C(N)=O)c2ccc(OC)cc2)cc1. The molecule has 3 aromatic carbocycles. The Bertz CT molecular complexity index is 1600. The Morgan fingerprint density at radius 1 is 0.863 bits per heavy atom. The van der Waals surface area contributed by atoms with Gasteiger partial charge >= 0.3 is 0 Å². The first kappa shape index (κ1) is 38.2. The summed E-state index contributed by atoms with van der Waals surface area (Å²) in [6, 6.07) is 30.9. The van der Waals surface area contributed by atoms with Gasteiger partial charge in [0, 0.05) is 30.8 Å². The van der Waals surface area contributed by atoms with Crippen molar-refractivity contribution < 1.29 is 28.9 Å². The highest BCUT2D eigenvalue weighted by Crippen LogP contribution is 2.40. The number of benzene rings is 3. The number of rotatable bonds is 19. The minimum absolute atomic E-state index is 0.0136. The van der Waals surface area contributed by atoms with Crippen LogP contribution in [0.15, 0.2) is 108 Å². The number of primary amides is 1. The summed E-state index contributed by atoms with van der Waals surface area (Å²) in [6.07, 6.45) is 3.79. The third-order valence-corrected chi connectivity index (χ3v) is 11.5. The minimum atomic E-state index is -0.660. The number of aliphatic hydroxyl groups is 1. The van der Waals surface area contributed by atoms with Crippen molar-refractivity contribution in [3.8, 4) is 11.5 Å². The molecule has 5 rings (SSSR count). The number of aliphatic hydroxyl groups excluding tert-OH is 1. The monoisotopic (exact) mass is 729 g/mol. The van der Waals surface area contributed by atoms with E-state index in [0.717, 1.165) is 46.1 Å². The Hall–Kier alpha value is -4.03. The van der Waals surface area contributed by atoms with Gasteiger partial charge in [0.25, 0.3) is 0 Å². The maximum absolute atomic E-state index is 13.8. The molecule has 9 nitrogen and oxygen atoms in total. The standard InChI is InChI=1S/C40H47N3O6S2/c1-47-33-20-16-29(17-21-33)38(30-18-22-34(48-2)23-19-30)49-39(28-11-5-3-6-12-28)35-25-32(44)26-43(35)37(45)15-8-4-7-13-31(40(41)46)27-50-51-36-14-9-10-24-42-36/h3,5-6,9-12,14,16-24,31-32,35,38-39,44H,4,7-8,13,15,25-27H2,1-2H3,(H2,41,46). The van der Waals surface area contributed by atoms with Crippen LogP contribution in [0.5, 0.6) is 11.5 Å². The number of unbranched alkanes of at least 4 members (excludes halogenated alkanes) is 2. The fourth-order valence-corrected chi connectivity index (χ4v) is 8.65. The smallest absolute Gasteiger partial charge is 0.223 e. The molecule has 1 fully saturated rings. The number of likely N-dealkylation sites (tertiary alicyclic amines) is 1. The Morgan fingerprint density at radius 2 is 1.51 bits per heavy atom. The average Bonchev–Trinajstić information content (AvgIpc) is 3.56. The van der Waals surface area contributed by atoms with E-state index in [9.17, 15) is 14.7 Å². The van der Waals surface area contributed by atoms with Crippen molar-refractivity contribution in [1.29, 1.82) is 0 Å². The molecule has 4 aromatic rings. The first-order chi connectivity index (χ1) is 24.9. The number of aromatic nitrogens is 1. The van der Waals surface area contributed by atoms with Crippen LogP contribution in [0, 0.1) is 5.92 Å². The van der Waals surface area contributed by atoms with Gasteiger partial charge in [-0.25, -0.2) is 4.98 Å². The molecule has 2 amide bonds. The molecule has 1 aliphatic rings. The molecule has 4 atom stereocenters. The van der Waals surface area contributed by atoms with Gasteiger partial charge in [-0.3, -0.25) is 9.59 Å². The van der Waals surface area contributed by atoms with Crippen LogP contribution in [-0.2, 0) is 14.3 Å². The molecular formula is C40H47N3O6S2. The Kier molecular flexibility index (Phi) is 14.6. The highest BCUT2D eigenvalue weighted by atomic mass is 33.1. The van der Waals surface area contributed by atoms with E-state index in [0.29, 0.717) is 31.4 Å². The summed E-state index contributed by atoms with van der Waals surface area (Å²) in [5, 5.41) is 11.8. The van der Waals surface area contributed by atoms with Crippen LogP contribution in [0.1, 0.15) is 67.4 Å². The quantitative estimate of drug-likeness (QED) is 0.0751. The molecule has 4 unspecified atom stereocenters. The van der Waals surface area contributed by atoms with E-state index in [2.05, 4.69) is 4.98 Å². The first-order valence-electron chi connectivity index (χ1n) is 17.3. The zero-order chi connectivity index (χ0) is 36.0. The maximum Gasteiger partial charge on any atom is 0.223 e. The number of carbonyl (C=O) groups is 2. The van der Waals surface area contributed by atoms with Crippen LogP contribution in [0.3, 0.4) is 0 Å². The molecule has 0 bridgehead atoms. The third kappa shape index (κ3) is 11.0. The van der Waals surface area contributed by atoms with Gasteiger partial charge in [-0.05, 0) is 83.1 Å². The molecule has 51 heavy (non-hydrogen) atoms. The summed E-state index contributed by atoms with van der Waals surface area (Å²) in [7, 11) is 6.39. The van der Waals surface area contributed by atoms with Gasteiger partial charge in [-0.2, -0.15) is 0 Å². The van der Waals surface area contributed by atoms with Crippen LogP contribution in [0.25, 0.3) is 0 Å². The normalized spacial score (nSPS) is 16.9. The lowest BCUT2D eigenvalue weighted by molar-refractivity contribution is -0.136. The number of pyridine rings is 1. The minimum Gasteiger partial charge on any atom is -0.497 e. The lowest BCUT2D eigenvalue weighted by Crippen LogP contribution is -2.40. The molecule has 0 spiro atoms. The van der Waals surface area contributed by atoms with Crippen LogP contribution in [-0.4, -0.2) is 65.5 Å². The summed E-state index contributed by atoms with van der Waals surface area (Å²) in [5.74, 6) is 1.53. The molecule has 1 aromatic heterocycles. The number of hydrogen-bond donors (Lipinski definition) is 2. The fraction of sp³-hybridized carbons (Fsp3) is 0.375. The molecule has 0 radical (unpaired) electrons. The van der Waals surface area contributed by atoms with E-state index < -0.39 is 18.3 Å². The number of nitrogens with two attached hydrogens (primary N) is 1. The molecule has 2 heterocycles. The number of ether oxygens (including phenoxy) is 3. The van der Waals surface area contributed by atoms with Gasteiger partial charge in [-0.1, -0.05) is 84.3 Å². The number of methoxy groups -OCH3 is 2. The summed E-state index contributed by atoms with van der Waals surface area (Å²) < 4.78 is 17.9. The van der Waals surface area contributed by atoms with E-state index in [-0.39, 0.29) is 30.3 Å². The van der Waals surface area contributed by atoms with E-state index >= 15 is 0 Å². The topological polar surface area (TPSA) is 124 Å². The van der Waals surface area contributed by atoms with Gasteiger partial charge in [0.15, 0.2) is 0 Å². The molecule has 0 saturated carbocycles. The molecule has 11 heteroatoms. The average molecular weight is 730 g/mol. The fourth-order valence-electron chi connectivity index (χ4n) is 6.37. The van der Waals surface area contributed by atoms with Gasteiger partial charge in [-0.15, -0.1) is 0 Å². The van der Waals surface area contributed by atoms with Crippen LogP contribution >= 0.6 is 21.6 Å². The van der Waals surface area contributed by atoms with Crippen molar-refractivity contribution in [2.45, 2.75) is 67.9 Å². The largest absolute Gasteiger partial charge is 0.497 e. The van der Waals surface area contributed by atoms with Crippen molar-refractivity contribution in [3.63, 3.8) is 0 Å². The first-order valence-corrected chi connectivity index (χ1v) is 19.6. The Balaban J connectivity index is 1.25. The van der Waals surface area contributed by atoms with Crippen molar-refractivity contribution in [3.05, 3.63) is 120 Å². The lowest BCUT2D eigenvalue weighted by Gasteiger charge is -2.35. The van der Waals surface area contributed by atoms with Gasteiger partial charge in [0.05, 0.1) is 26.4 Å². The van der Waals surface area contributed by atoms with Crippen molar-refractivity contribution in [1.82, 2.24) is 9.88 Å². The van der Waals surface area contributed by atoms with Crippen molar-refractivity contribution >= 4 is 33.4 Å². The Labute approximate surface area is 308 Å². The van der Waals surface area contributed by atoms with Crippen LogP contribution in [0.4, 0.5) is 0 Å². The molecule has 1 saturated heterocycles. The molecule has 270 valence electrons. The lowest BCUT2D eigenvalue weighted by atomic mass is 9.96. The molecule has 3 N–H and O–H groups in total. The summed E-state index contributed by atoms with van der Waals surface area (Å²) in [6.45, 7) is 0.251. The zero-order valence-electron chi connectivity index (χ0n) is 29.1. The second-order valence-corrected chi connectivity index (χ2v) is 15.0. The van der Waals surface area contributed by atoms with E-state index in [4.69, 9.17) is 19.9 Å². The predicted molar refractivity (Wildman–Crippen MR) is 203 cm³/mol. The highest BCUT2D eigenvalue weighted by Gasteiger charge is 2.41. The van der Waals surface area contributed by atoms with Crippen LogP contribution in [0.2, 0.25) is 0 Å². The third-order valence-electron chi connectivity index (χ3n) is 9.14. The molecule has 1 aliphatic heterocycles. The van der Waals surface area contributed by atoms with Gasteiger partial charge in [0.1, 0.15) is 28.7 Å². The van der Waals surface area contributed by atoms with Crippen molar-refractivity contribution in [2.75, 3.05) is 26.5 Å².